The van der Waals surface area contributed by atoms with Crippen LogP contribution in [0.15, 0.2) is 312 Å². The minimum absolute atomic E-state index is 0.696. The lowest BCUT2D eigenvalue weighted by Gasteiger charge is -2.26. The molecule has 0 spiro atoms. The molecule has 0 atom stereocenters. The maximum absolute atomic E-state index is 6.85. The molecule has 0 aliphatic rings. The first-order valence-corrected chi connectivity index (χ1v) is 33.1. The van der Waals surface area contributed by atoms with E-state index in [1.165, 1.54) is 48.8 Å². The van der Waals surface area contributed by atoms with Crippen molar-refractivity contribution >= 4 is 133 Å². The molecule has 11 heteroatoms. The Labute approximate surface area is 546 Å². The minimum atomic E-state index is 0.696. The SMILES string of the molecule is c1ccc(-c2ccc(N(c3ccc(-c4cccc(-c5cccc6c5oc5ccc(N(c7ccccc7)c7ccc(-c8nc(-c9ccc%10oc%11ccccc%11c%10c9)ns8)cc7)cc56)c4)cc3)c3ccc(-c4nc(-c5ccc6c(c5)sc5ccccc56)ns4)cc3)cc2)cc1. The molecule has 5 heterocycles. The van der Waals surface area contributed by atoms with Crippen molar-refractivity contribution in [3.8, 4) is 77.3 Å². The van der Waals surface area contributed by atoms with E-state index in [0.717, 1.165) is 144 Å². The van der Waals surface area contributed by atoms with Crippen molar-refractivity contribution in [2.24, 2.45) is 0 Å². The predicted molar refractivity (Wildman–Crippen MR) is 388 cm³/mol. The van der Waals surface area contributed by atoms with Crippen molar-refractivity contribution in [3.05, 3.63) is 303 Å². The van der Waals surface area contributed by atoms with E-state index in [2.05, 4.69) is 283 Å². The highest BCUT2D eigenvalue weighted by molar-refractivity contribution is 7.25. The van der Waals surface area contributed by atoms with Crippen molar-refractivity contribution in [2.75, 3.05) is 9.80 Å². The molecule has 0 saturated heterocycles. The van der Waals surface area contributed by atoms with E-state index in [0.29, 0.717) is 5.82 Å². The van der Waals surface area contributed by atoms with Crippen LogP contribution >= 0.6 is 34.4 Å². The molecular weight excluding hydrogens is 1200 g/mol. The van der Waals surface area contributed by atoms with E-state index >= 15 is 0 Å². The lowest BCUT2D eigenvalue weighted by Crippen LogP contribution is -2.09. The quantitative estimate of drug-likeness (QED) is 0.113. The van der Waals surface area contributed by atoms with Gasteiger partial charge >= 0.3 is 0 Å². The zero-order chi connectivity index (χ0) is 61.3. The average Bonchev–Trinajstić information content (AvgIpc) is 2.11. The number of hydrogen-bond donors (Lipinski definition) is 0. The number of hydrogen-bond acceptors (Lipinski definition) is 11. The van der Waals surface area contributed by atoms with Crippen molar-refractivity contribution in [2.45, 2.75) is 0 Å². The first kappa shape index (κ1) is 54.3. The summed E-state index contributed by atoms with van der Waals surface area (Å²) in [5, 5.41) is 8.51. The maximum atomic E-state index is 6.85. The third-order valence-electron chi connectivity index (χ3n) is 17.5. The lowest BCUT2D eigenvalue weighted by molar-refractivity contribution is 0.669. The lowest BCUT2D eigenvalue weighted by atomic mass is 9.97. The Morgan fingerprint density at radius 2 is 0.710 bits per heavy atom. The summed E-state index contributed by atoms with van der Waals surface area (Å²) in [6.45, 7) is 0. The Morgan fingerprint density at radius 3 is 1.41 bits per heavy atom. The van der Waals surface area contributed by atoms with E-state index in [4.69, 9.17) is 27.5 Å². The molecule has 5 aromatic heterocycles. The van der Waals surface area contributed by atoms with Crippen molar-refractivity contribution < 1.29 is 8.83 Å². The predicted octanol–water partition coefficient (Wildman–Crippen LogP) is 24.2. The minimum Gasteiger partial charge on any atom is -0.456 e. The topological polar surface area (TPSA) is 84.3 Å². The smallest absolute Gasteiger partial charge is 0.173 e. The molecule has 0 N–H and O–H groups in total. The van der Waals surface area contributed by atoms with E-state index in [-0.39, 0.29) is 0 Å². The normalized spacial score (nSPS) is 11.7. The first-order chi connectivity index (χ1) is 46.0. The second-order valence-electron chi connectivity index (χ2n) is 23.1. The number of fused-ring (bicyclic) bond motifs is 9. The van der Waals surface area contributed by atoms with Crippen LogP contribution in [-0.2, 0) is 0 Å². The second-order valence-corrected chi connectivity index (χ2v) is 25.7. The maximum Gasteiger partial charge on any atom is 0.173 e. The Balaban J connectivity index is 0.628. The van der Waals surface area contributed by atoms with Crippen molar-refractivity contribution in [3.63, 3.8) is 0 Å². The van der Waals surface area contributed by atoms with Gasteiger partial charge in [-0.1, -0.05) is 158 Å². The fourth-order valence-electron chi connectivity index (χ4n) is 12.9. The van der Waals surface area contributed by atoms with Crippen molar-refractivity contribution in [1.82, 2.24) is 18.7 Å². The summed E-state index contributed by atoms with van der Waals surface area (Å²) < 4.78 is 25.1. The molecule has 0 aliphatic carbocycles. The Hall–Kier alpha value is -11.6. The van der Waals surface area contributed by atoms with E-state index in [1.54, 1.807) is 0 Å². The highest BCUT2D eigenvalue weighted by atomic mass is 32.1. The first-order valence-electron chi connectivity index (χ1n) is 30.7. The number of benzene rings is 13. The molecule has 0 amide bonds. The summed E-state index contributed by atoms with van der Waals surface area (Å²) in [5.74, 6) is 1.44. The van der Waals surface area contributed by atoms with Gasteiger partial charge in [0.05, 0.1) is 0 Å². The fraction of sp³-hybridized carbons (Fsp3) is 0. The largest absolute Gasteiger partial charge is 0.456 e. The number of nitrogens with zero attached hydrogens (tertiary/aromatic N) is 6. The van der Waals surface area contributed by atoms with Crippen LogP contribution < -0.4 is 9.80 Å². The summed E-state index contributed by atoms with van der Waals surface area (Å²) in [6, 6.07) is 107. The molecule has 438 valence electrons. The summed E-state index contributed by atoms with van der Waals surface area (Å²) in [6.07, 6.45) is 0. The highest BCUT2D eigenvalue weighted by Gasteiger charge is 2.21. The average molecular weight is 1250 g/mol. The summed E-state index contributed by atoms with van der Waals surface area (Å²) in [7, 11) is 0. The number of para-hydroxylation sites is 3. The van der Waals surface area contributed by atoms with Gasteiger partial charge in [-0.2, -0.15) is 8.75 Å². The molecule has 0 fully saturated rings. The fourth-order valence-corrected chi connectivity index (χ4v) is 15.4. The third-order valence-corrected chi connectivity index (χ3v) is 20.1. The molecule has 8 nitrogen and oxygen atoms in total. The van der Waals surface area contributed by atoms with Gasteiger partial charge < -0.3 is 18.6 Å². The van der Waals surface area contributed by atoms with Crippen LogP contribution in [0.5, 0.6) is 0 Å². The van der Waals surface area contributed by atoms with Crippen LogP contribution in [0, 0.1) is 0 Å². The van der Waals surface area contributed by atoms with Gasteiger partial charge in [0, 0.05) is 104 Å². The van der Waals surface area contributed by atoms with Gasteiger partial charge in [-0.05, 0) is 196 Å². The molecule has 18 rings (SSSR count). The third kappa shape index (κ3) is 9.90. The molecule has 13 aromatic carbocycles. The standard InChI is InChI=1S/C82H50N6O2S3/c1-3-13-51(14-4-1)52-25-35-61(36-26-52)87(63-39-29-54(30-40-63)82-84-80(86-93-82)59-33-44-69-68-20-8-10-24-76(68)91-77(69)49-59)62-37-27-53(28-38-62)56-15-11-16-57(47-56)66-21-12-22-70-72-50-65(43-46-75(72)90-78(66)70)88(60-17-5-2-6-18-60)64-41-31-55(32-42-64)81-83-79(85-92-81)58-34-45-74-71(48-58)67-19-7-9-23-73(67)89-74/h1-50H. The summed E-state index contributed by atoms with van der Waals surface area (Å²) in [4.78, 5) is 14.7. The molecule has 0 radical (unpaired) electrons. The molecule has 0 aliphatic heterocycles. The number of thiophene rings is 1. The zero-order valence-electron chi connectivity index (χ0n) is 49.6. The number of rotatable bonds is 13. The summed E-state index contributed by atoms with van der Waals surface area (Å²) in [5.41, 5.74) is 20.2. The van der Waals surface area contributed by atoms with Crippen LogP contribution in [0.25, 0.3) is 141 Å². The zero-order valence-corrected chi connectivity index (χ0v) is 52.0. The summed E-state index contributed by atoms with van der Waals surface area (Å²) >= 11 is 4.65. The molecule has 0 unspecified atom stereocenters. The number of anilines is 6. The van der Waals surface area contributed by atoms with Crippen LogP contribution in [0.2, 0.25) is 0 Å². The van der Waals surface area contributed by atoms with Crippen molar-refractivity contribution in [1.29, 1.82) is 0 Å². The van der Waals surface area contributed by atoms with Gasteiger partial charge in [0.15, 0.2) is 11.6 Å². The van der Waals surface area contributed by atoms with Gasteiger partial charge in [-0.15, -0.1) is 11.3 Å². The van der Waals surface area contributed by atoms with Crippen LogP contribution in [0.1, 0.15) is 0 Å². The molecule has 0 bridgehead atoms. The Morgan fingerprint density at radius 1 is 0.258 bits per heavy atom. The monoisotopic (exact) mass is 1250 g/mol. The Kier molecular flexibility index (Phi) is 13.3. The van der Waals surface area contributed by atoms with Crippen LogP contribution in [0.3, 0.4) is 0 Å². The molecule has 18 aromatic rings. The second kappa shape index (κ2) is 22.7. The van der Waals surface area contributed by atoms with E-state index < -0.39 is 0 Å². The van der Waals surface area contributed by atoms with E-state index in [9.17, 15) is 0 Å². The molecule has 0 saturated carbocycles. The van der Waals surface area contributed by atoms with Crippen LogP contribution in [0.4, 0.5) is 34.1 Å². The van der Waals surface area contributed by atoms with Gasteiger partial charge in [-0.3, -0.25) is 0 Å². The van der Waals surface area contributed by atoms with E-state index in [1.807, 2.05) is 41.7 Å². The number of aromatic nitrogens is 4. The number of furan rings is 2. The molecule has 93 heavy (non-hydrogen) atoms. The van der Waals surface area contributed by atoms with Gasteiger partial charge in [-0.25, -0.2) is 9.97 Å². The van der Waals surface area contributed by atoms with Crippen LogP contribution in [-0.4, -0.2) is 18.7 Å². The molecular formula is C82H50N6O2S3. The van der Waals surface area contributed by atoms with Gasteiger partial charge in [0.25, 0.3) is 0 Å². The van der Waals surface area contributed by atoms with Gasteiger partial charge in [0.1, 0.15) is 32.3 Å². The highest BCUT2D eigenvalue weighted by Crippen LogP contribution is 2.45. The Bertz CT molecular complexity index is 5820. The van der Waals surface area contributed by atoms with Gasteiger partial charge in [0.2, 0.25) is 0 Å².